The molecule has 1 amide bonds. The van der Waals surface area contributed by atoms with Crippen molar-refractivity contribution < 1.29 is 13.6 Å². The Hall–Kier alpha value is -1.20. The third kappa shape index (κ3) is 3.10. The molecule has 20 heavy (non-hydrogen) atoms. The first-order chi connectivity index (χ1) is 8.97. The summed E-state index contributed by atoms with van der Waals surface area (Å²) >= 11 is 0. The van der Waals surface area contributed by atoms with Gasteiger partial charge in [-0.05, 0) is 30.9 Å². The first kappa shape index (κ1) is 16.9. The SMILES string of the molecule is CC(CN)N(C)C(=O)C1CC1c1cccc(F)c1F.Cl. The number of halogens is 3. The van der Waals surface area contributed by atoms with E-state index in [2.05, 4.69) is 0 Å². The van der Waals surface area contributed by atoms with Gasteiger partial charge in [0.05, 0.1) is 0 Å². The molecule has 0 saturated heterocycles. The van der Waals surface area contributed by atoms with E-state index in [0.29, 0.717) is 18.5 Å². The van der Waals surface area contributed by atoms with E-state index in [1.165, 1.54) is 6.07 Å². The number of hydrogen-bond acceptors (Lipinski definition) is 2. The summed E-state index contributed by atoms with van der Waals surface area (Å²) in [6.45, 7) is 2.24. The van der Waals surface area contributed by atoms with E-state index in [4.69, 9.17) is 5.73 Å². The summed E-state index contributed by atoms with van der Waals surface area (Å²) in [6.07, 6.45) is 0.570. The number of carbonyl (C=O) groups excluding carboxylic acids is 1. The highest BCUT2D eigenvalue weighted by molar-refractivity contribution is 5.85. The maximum atomic E-state index is 13.6. The number of rotatable bonds is 4. The van der Waals surface area contributed by atoms with Gasteiger partial charge in [0.1, 0.15) is 0 Å². The lowest BCUT2D eigenvalue weighted by molar-refractivity contribution is -0.133. The van der Waals surface area contributed by atoms with Gasteiger partial charge in [0.25, 0.3) is 0 Å². The van der Waals surface area contributed by atoms with E-state index in [0.717, 1.165) is 6.07 Å². The summed E-state index contributed by atoms with van der Waals surface area (Å²) in [4.78, 5) is 13.7. The van der Waals surface area contributed by atoms with E-state index in [1.54, 1.807) is 18.0 Å². The molecule has 112 valence electrons. The predicted octanol–water partition coefficient (Wildman–Crippen LogP) is 2.30. The number of likely N-dealkylation sites (N-methyl/N-ethyl adjacent to an activating group) is 1. The van der Waals surface area contributed by atoms with Crippen molar-refractivity contribution in [2.75, 3.05) is 13.6 Å². The monoisotopic (exact) mass is 304 g/mol. The van der Waals surface area contributed by atoms with Crippen molar-refractivity contribution in [3.8, 4) is 0 Å². The molecule has 2 rings (SSSR count). The van der Waals surface area contributed by atoms with Crippen LogP contribution in [0.4, 0.5) is 8.78 Å². The lowest BCUT2D eigenvalue weighted by Crippen LogP contribution is -2.40. The van der Waals surface area contributed by atoms with Crippen LogP contribution in [-0.2, 0) is 4.79 Å². The number of nitrogens with two attached hydrogens (primary N) is 1. The lowest BCUT2D eigenvalue weighted by atomic mass is 10.1. The zero-order valence-electron chi connectivity index (χ0n) is 11.5. The van der Waals surface area contributed by atoms with Crippen molar-refractivity contribution in [1.82, 2.24) is 4.90 Å². The molecule has 3 nitrogen and oxygen atoms in total. The van der Waals surface area contributed by atoms with E-state index >= 15 is 0 Å². The van der Waals surface area contributed by atoms with E-state index in [-0.39, 0.29) is 36.2 Å². The van der Waals surface area contributed by atoms with Crippen molar-refractivity contribution in [2.45, 2.75) is 25.3 Å². The van der Waals surface area contributed by atoms with Crippen molar-refractivity contribution >= 4 is 18.3 Å². The zero-order valence-corrected chi connectivity index (χ0v) is 12.3. The molecule has 1 aromatic rings. The van der Waals surface area contributed by atoms with Gasteiger partial charge in [0.15, 0.2) is 11.6 Å². The van der Waals surface area contributed by atoms with Crippen LogP contribution >= 0.6 is 12.4 Å². The highest BCUT2D eigenvalue weighted by atomic mass is 35.5. The second-order valence-electron chi connectivity index (χ2n) is 5.13. The fourth-order valence-corrected chi connectivity index (χ4v) is 2.26. The van der Waals surface area contributed by atoms with Crippen LogP contribution in [0.5, 0.6) is 0 Å². The number of hydrogen-bond donors (Lipinski definition) is 1. The van der Waals surface area contributed by atoms with E-state index < -0.39 is 11.6 Å². The van der Waals surface area contributed by atoms with Crippen LogP contribution in [0.1, 0.15) is 24.8 Å². The van der Waals surface area contributed by atoms with Gasteiger partial charge < -0.3 is 10.6 Å². The molecule has 2 N–H and O–H groups in total. The molecule has 1 saturated carbocycles. The Morgan fingerprint density at radius 3 is 2.75 bits per heavy atom. The number of benzene rings is 1. The Morgan fingerprint density at radius 1 is 1.50 bits per heavy atom. The molecule has 1 aromatic carbocycles. The summed E-state index contributed by atoms with van der Waals surface area (Å²) < 4.78 is 26.8. The molecule has 0 bridgehead atoms. The zero-order chi connectivity index (χ0) is 14.2. The fourth-order valence-electron chi connectivity index (χ4n) is 2.26. The summed E-state index contributed by atoms with van der Waals surface area (Å²) in [5.74, 6) is -2.21. The quantitative estimate of drug-likeness (QED) is 0.928. The van der Waals surface area contributed by atoms with Crippen LogP contribution in [-0.4, -0.2) is 30.4 Å². The van der Waals surface area contributed by atoms with Crippen molar-refractivity contribution in [2.24, 2.45) is 11.7 Å². The number of carbonyl (C=O) groups is 1. The van der Waals surface area contributed by atoms with Gasteiger partial charge in [0.2, 0.25) is 5.91 Å². The van der Waals surface area contributed by atoms with Crippen LogP contribution in [0.15, 0.2) is 18.2 Å². The smallest absolute Gasteiger partial charge is 0.226 e. The topological polar surface area (TPSA) is 46.3 Å². The molecule has 0 aliphatic heterocycles. The summed E-state index contributed by atoms with van der Waals surface area (Å²) in [5.41, 5.74) is 5.82. The lowest BCUT2D eigenvalue weighted by Gasteiger charge is -2.23. The molecular formula is C14H19ClF2N2O. The molecule has 1 fully saturated rings. The molecule has 0 spiro atoms. The largest absolute Gasteiger partial charge is 0.342 e. The highest BCUT2D eigenvalue weighted by Gasteiger charge is 2.47. The van der Waals surface area contributed by atoms with Crippen LogP contribution in [0.2, 0.25) is 0 Å². The summed E-state index contributed by atoms with van der Waals surface area (Å²) in [7, 11) is 1.69. The van der Waals surface area contributed by atoms with Crippen molar-refractivity contribution in [3.05, 3.63) is 35.4 Å². The minimum absolute atomic E-state index is 0. The molecule has 0 radical (unpaired) electrons. The van der Waals surface area contributed by atoms with Gasteiger partial charge in [-0.25, -0.2) is 8.78 Å². The Labute approximate surface area is 123 Å². The average molecular weight is 305 g/mol. The Kier molecular flexibility index (Phi) is 5.48. The Morgan fingerprint density at radius 2 is 2.15 bits per heavy atom. The van der Waals surface area contributed by atoms with Crippen LogP contribution in [0.3, 0.4) is 0 Å². The van der Waals surface area contributed by atoms with E-state index in [1.807, 2.05) is 6.92 Å². The summed E-state index contributed by atoms with van der Waals surface area (Å²) in [6, 6.07) is 4.05. The predicted molar refractivity (Wildman–Crippen MR) is 75.7 cm³/mol. The van der Waals surface area contributed by atoms with Crippen molar-refractivity contribution in [3.63, 3.8) is 0 Å². The second-order valence-corrected chi connectivity index (χ2v) is 5.13. The Balaban J connectivity index is 0.00000200. The highest BCUT2D eigenvalue weighted by Crippen LogP contribution is 2.49. The van der Waals surface area contributed by atoms with Gasteiger partial charge in [-0.2, -0.15) is 0 Å². The van der Waals surface area contributed by atoms with Crippen LogP contribution in [0.25, 0.3) is 0 Å². The summed E-state index contributed by atoms with van der Waals surface area (Å²) in [5, 5.41) is 0. The maximum Gasteiger partial charge on any atom is 0.226 e. The third-order valence-corrected chi connectivity index (χ3v) is 3.84. The van der Waals surface area contributed by atoms with Gasteiger partial charge in [-0.3, -0.25) is 4.79 Å². The first-order valence-electron chi connectivity index (χ1n) is 6.38. The average Bonchev–Trinajstić information content (AvgIpc) is 3.19. The molecule has 1 aliphatic carbocycles. The maximum absolute atomic E-state index is 13.6. The van der Waals surface area contributed by atoms with Gasteiger partial charge in [-0.15, -0.1) is 12.4 Å². The molecule has 3 atom stereocenters. The fraction of sp³-hybridized carbons (Fsp3) is 0.500. The molecular weight excluding hydrogens is 286 g/mol. The van der Waals surface area contributed by atoms with Crippen LogP contribution in [0, 0.1) is 17.6 Å². The van der Waals surface area contributed by atoms with Gasteiger partial charge in [0, 0.05) is 25.6 Å². The van der Waals surface area contributed by atoms with E-state index in [9.17, 15) is 13.6 Å². The first-order valence-corrected chi connectivity index (χ1v) is 6.38. The molecule has 0 aromatic heterocycles. The van der Waals surface area contributed by atoms with Crippen LogP contribution < -0.4 is 5.73 Å². The second kappa shape index (κ2) is 6.50. The minimum Gasteiger partial charge on any atom is -0.342 e. The molecule has 0 heterocycles. The number of nitrogens with zero attached hydrogens (tertiary/aromatic N) is 1. The standard InChI is InChI=1S/C14H18F2N2O.ClH/c1-8(7-17)18(2)14(19)11-6-10(11)9-4-3-5-12(15)13(9)16;/h3-5,8,10-11H,6-7,17H2,1-2H3;1H. The van der Waals surface area contributed by atoms with Gasteiger partial charge >= 0.3 is 0 Å². The number of amides is 1. The molecule has 3 unspecified atom stereocenters. The van der Waals surface area contributed by atoms with Gasteiger partial charge in [-0.1, -0.05) is 12.1 Å². The third-order valence-electron chi connectivity index (χ3n) is 3.84. The minimum atomic E-state index is -0.862. The normalized spacial score (nSPS) is 21.9. The van der Waals surface area contributed by atoms with Crippen molar-refractivity contribution in [1.29, 1.82) is 0 Å². The molecule has 1 aliphatic rings. The molecule has 6 heteroatoms. The Bertz CT molecular complexity index is 498.